The van der Waals surface area contributed by atoms with Crippen LogP contribution in [0.3, 0.4) is 0 Å². The molecular weight excluding hydrogens is 434 g/mol. The van der Waals surface area contributed by atoms with E-state index in [9.17, 15) is 9.59 Å². The summed E-state index contributed by atoms with van der Waals surface area (Å²) in [6, 6.07) is 16.4. The standard InChI is InChI=1S/C26H27N3O5/c1-17-7-9-18(10-8-17)22-15-21(20-12-11-19(32-3)14-24(20)33-4)27-29(22)25(30)16-28(2)26(31)23-6-5-13-34-23/h5-14,22H,15-16H2,1-4H3/t22-/m0/s1. The van der Waals surface area contributed by atoms with Crippen LogP contribution in [0.25, 0.3) is 0 Å². The maximum atomic E-state index is 13.4. The van der Waals surface area contributed by atoms with Gasteiger partial charge >= 0.3 is 0 Å². The fourth-order valence-electron chi connectivity index (χ4n) is 3.92. The van der Waals surface area contributed by atoms with Crippen LogP contribution in [0.2, 0.25) is 0 Å². The summed E-state index contributed by atoms with van der Waals surface area (Å²) in [7, 11) is 4.75. The fourth-order valence-corrected chi connectivity index (χ4v) is 3.92. The zero-order valence-corrected chi connectivity index (χ0v) is 19.6. The summed E-state index contributed by atoms with van der Waals surface area (Å²) >= 11 is 0. The molecule has 4 rings (SSSR count). The SMILES string of the molecule is COc1ccc(C2=NN(C(=O)CN(C)C(=O)c3ccco3)[C@H](c3ccc(C)cc3)C2)c(OC)c1. The molecule has 0 aliphatic carbocycles. The van der Waals surface area contributed by atoms with Crippen molar-refractivity contribution in [2.75, 3.05) is 27.8 Å². The normalized spacial score (nSPS) is 15.1. The molecule has 1 aliphatic rings. The Hall–Kier alpha value is -4.07. The Morgan fingerprint density at radius 3 is 2.53 bits per heavy atom. The summed E-state index contributed by atoms with van der Waals surface area (Å²) in [5.74, 6) is 0.792. The van der Waals surface area contributed by atoms with E-state index in [1.165, 1.54) is 16.2 Å². The zero-order valence-electron chi connectivity index (χ0n) is 19.6. The van der Waals surface area contributed by atoms with E-state index in [2.05, 4.69) is 0 Å². The van der Waals surface area contributed by atoms with Gasteiger partial charge in [0.1, 0.15) is 18.0 Å². The zero-order chi connectivity index (χ0) is 24.2. The maximum absolute atomic E-state index is 13.4. The summed E-state index contributed by atoms with van der Waals surface area (Å²) in [5.41, 5.74) is 3.60. The molecule has 8 nitrogen and oxygen atoms in total. The van der Waals surface area contributed by atoms with Crippen LogP contribution in [0.15, 0.2) is 70.4 Å². The predicted octanol–water partition coefficient (Wildman–Crippen LogP) is 4.06. The van der Waals surface area contributed by atoms with Gasteiger partial charge in [-0.3, -0.25) is 9.59 Å². The first-order chi connectivity index (χ1) is 16.4. The highest BCUT2D eigenvalue weighted by Crippen LogP contribution is 2.36. The molecule has 0 bridgehead atoms. The first-order valence-electron chi connectivity index (χ1n) is 10.9. The summed E-state index contributed by atoms with van der Waals surface area (Å²) in [6.07, 6.45) is 1.93. The highest BCUT2D eigenvalue weighted by atomic mass is 16.5. The Balaban J connectivity index is 1.64. The Kier molecular flexibility index (Phi) is 6.67. The van der Waals surface area contributed by atoms with Gasteiger partial charge in [-0.05, 0) is 36.8 Å². The van der Waals surface area contributed by atoms with Crippen LogP contribution in [-0.4, -0.2) is 55.2 Å². The molecule has 0 fully saturated rings. The second-order valence-electron chi connectivity index (χ2n) is 8.12. The average molecular weight is 462 g/mol. The van der Waals surface area contributed by atoms with E-state index in [4.69, 9.17) is 19.0 Å². The molecule has 3 aromatic rings. The lowest BCUT2D eigenvalue weighted by atomic mass is 9.97. The van der Waals surface area contributed by atoms with Crippen molar-refractivity contribution in [1.29, 1.82) is 0 Å². The highest BCUT2D eigenvalue weighted by Gasteiger charge is 2.35. The van der Waals surface area contributed by atoms with E-state index in [0.717, 1.165) is 22.4 Å². The largest absolute Gasteiger partial charge is 0.497 e. The van der Waals surface area contributed by atoms with Crippen molar-refractivity contribution >= 4 is 17.5 Å². The van der Waals surface area contributed by atoms with Crippen molar-refractivity contribution < 1.29 is 23.5 Å². The molecule has 0 saturated heterocycles. The summed E-state index contributed by atoms with van der Waals surface area (Å²) in [6.45, 7) is 1.87. The van der Waals surface area contributed by atoms with Crippen molar-refractivity contribution in [3.05, 3.63) is 83.3 Å². The minimum absolute atomic E-state index is 0.140. The summed E-state index contributed by atoms with van der Waals surface area (Å²) in [5, 5.41) is 6.16. The monoisotopic (exact) mass is 461 g/mol. The molecule has 0 N–H and O–H groups in total. The Labute approximate surface area is 198 Å². The van der Waals surface area contributed by atoms with E-state index in [1.54, 1.807) is 39.5 Å². The van der Waals surface area contributed by atoms with Crippen LogP contribution >= 0.6 is 0 Å². The van der Waals surface area contributed by atoms with Crippen LogP contribution in [0.1, 0.15) is 39.7 Å². The van der Waals surface area contributed by atoms with Gasteiger partial charge in [-0.15, -0.1) is 0 Å². The molecule has 2 aromatic carbocycles. The first-order valence-corrected chi connectivity index (χ1v) is 10.9. The number of rotatable bonds is 7. The minimum Gasteiger partial charge on any atom is -0.497 e. The van der Waals surface area contributed by atoms with Gasteiger partial charge in [0, 0.05) is 25.1 Å². The van der Waals surface area contributed by atoms with Gasteiger partial charge in [-0.25, -0.2) is 5.01 Å². The van der Waals surface area contributed by atoms with Gasteiger partial charge in [-0.2, -0.15) is 5.10 Å². The number of carbonyl (C=O) groups is 2. The third-order valence-corrected chi connectivity index (χ3v) is 5.80. The van der Waals surface area contributed by atoms with E-state index in [1.807, 2.05) is 43.3 Å². The Bertz CT molecular complexity index is 1200. The lowest BCUT2D eigenvalue weighted by Gasteiger charge is -2.24. The van der Waals surface area contributed by atoms with Gasteiger partial charge in [0.05, 0.1) is 32.2 Å². The van der Waals surface area contributed by atoms with Gasteiger partial charge in [0.15, 0.2) is 5.76 Å². The van der Waals surface area contributed by atoms with E-state index in [-0.39, 0.29) is 30.2 Å². The van der Waals surface area contributed by atoms with E-state index >= 15 is 0 Å². The van der Waals surface area contributed by atoms with Gasteiger partial charge in [0.2, 0.25) is 0 Å². The lowest BCUT2D eigenvalue weighted by molar-refractivity contribution is -0.133. The number of methoxy groups -OCH3 is 2. The van der Waals surface area contributed by atoms with Gasteiger partial charge in [0.25, 0.3) is 11.8 Å². The molecule has 1 aliphatic heterocycles. The Morgan fingerprint density at radius 2 is 1.88 bits per heavy atom. The molecule has 2 heterocycles. The van der Waals surface area contributed by atoms with E-state index in [0.29, 0.717) is 17.9 Å². The molecule has 0 radical (unpaired) electrons. The minimum atomic E-state index is -0.370. The molecule has 1 atom stereocenters. The number of benzene rings is 2. The van der Waals surface area contributed by atoms with Crippen LogP contribution in [0.4, 0.5) is 0 Å². The molecule has 2 amide bonds. The molecule has 8 heteroatoms. The van der Waals surface area contributed by atoms with Crippen molar-refractivity contribution in [3.8, 4) is 11.5 Å². The number of ether oxygens (including phenoxy) is 2. The first kappa shape index (κ1) is 23.1. The third kappa shape index (κ3) is 4.66. The quantitative estimate of drug-likeness (QED) is 0.530. The molecule has 176 valence electrons. The number of carbonyl (C=O) groups excluding carboxylic acids is 2. The average Bonchev–Trinajstić information content (AvgIpc) is 3.54. The lowest BCUT2D eigenvalue weighted by Crippen LogP contribution is -2.39. The van der Waals surface area contributed by atoms with Crippen LogP contribution < -0.4 is 9.47 Å². The number of hydrogen-bond donors (Lipinski definition) is 0. The molecule has 0 spiro atoms. The van der Waals surface area contributed by atoms with Crippen molar-refractivity contribution in [1.82, 2.24) is 9.91 Å². The fraction of sp³-hybridized carbons (Fsp3) is 0.269. The number of furan rings is 1. The maximum Gasteiger partial charge on any atom is 0.289 e. The number of likely N-dealkylation sites (N-methyl/N-ethyl adjacent to an activating group) is 1. The topological polar surface area (TPSA) is 84.6 Å². The number of hydrogen-bond acceptors (Lipinski definition) is 6. The smallest absolute Gasteiger partial charge is 0.289 e. The van der Waals surface area contributed by atoms with Crippen molar-refractivity contribution in [2.45, 2.75) is 19.4 Å². The predicted molar refractivity (Wildman–Crippen MR) is 127 cm³/mol. The molecule has 34 heavy (non-hydrogen) atoms. The Morgan fingerprint density at radius 1 is 1.12 bits per heavy atom. The van der Waals surface area contributed by atoms with Crippen LogP contribution in [0, 0.1) is 6.92 Å². The van der Waals surface area contributed by atoms with E-state index < -0.39 is 0 Å². The number of aryl methyl sites for hydroxylation is 1. The summed E-state index contributed by atoms with van der Waals surface area (Å²) < 4.78 is 16.0. The van der Waals surface area contributed by atoms with Crippen molar-refractivity contribution in [3.63, 3.8) is 0 Å². The van der Waals surface area contributed by atoms with Crippen LogP contribution in [0.5, 0.6) is 11.5 Å². The van der Waals surface area contributed by atoms with Gasteiger partial charge < -0.3 is 18.8 Å². The molecule has 0 saturated carbocycles. The number of amides is 2. The van der Waals surface area contributed by atoms with Gasteiger partial charge in [-0.1, -0.05) is 29.8 Å². The van der Waals surface area contributed by atoms with Crippen molar-refractivity contribution in [2.24, 2.45) is 5.10 Å². The highest BCUT2D eigenvalue weighted by molar-refractivity contribution is 6.05. The second kappa shape index (κ2) is 9.82. The number of nitrogens with zero attached hydrogens (tertiary/aromatic N) is 3. The second-order valence-corrected chi connectivity index (χ2v) is 8.12. The number of hydrazone groups is 1. The summed E-state index contributed by atoms with van der Waals surface area (Å²) in [4.78, 5) is 27.3. The van der Waals surface area contributed by atoms with Crippen LogP contribution in [-0.2, 0) is 4.79 Å². The molecule has 0 unspecified atom stereocenters. The third-order valence-electron chi connectivity index (χ3n) is 5.80. The molecular formula is C26H27N3O5. The molecule has 1 aromatic heterocycles.